The van der Waals surface area contributed by atoms with Crippen LogP contribution in [0.15, 0.2) is 60.9 Å². The first kappa shape index (κ1) is 17.5. The van der Waals surface area contributed by atoms with Crippen LogP contribution in [0.4, 0.5) is 10.5 Å². The number of benzene rings is 1. The second-order valence-corrected chi connectivity index (χ2v) is 5.78. The number of urea groups is 1. The van der Waals surface area contributed by atoms with Crippen LogP contribution in [-0.2, 0) is 0 Å². The number of hydrogen-bond acceptors (Lipinski definition) is 3. The maximum atomic E-state index is 12.4. The molecule has 0 saturated carbocycles. The quantitative estimate of drug-likeness (QED) is 0.807. The molecule has 0 aliphatic rings. The molecule has 5 heteroatoms. The number of anilines is 1. The SMILES string of the molecule is C=C(C)COc1cccc(NC(=O)N(C)C(C)c2cccnc2)c1. The summed E-state index contributed by atoms with van der Waals surface area (Å²) in [6.45, 7) is 8.12. The minimum absolute atomic E-state index is 0.0819. The van der Waals surface area contributed by atoms with Crippen LogP contribution in [0.3, 0.4) is 0 Å². The van der Waals surface area contributed by atoms with Gasteiger partial charge >= 0.3 is 6.03 Å². The summed E-state index contributed by atoms with van der Waals surface area (Å²) in [6.07, 6.45) is 3.48. The Hall–Kier alpha value is -2.82. The van der Waals surface area contributed by atoms with Gasteiger partial charge in [0.2, 0.25) is 0 Å². The van der Waals surface area contributed by atoms with Gasteiger partial charge in [-0.2, -0.15) is 0 Å². The number of ether oxygens (including phenoxy) is 1. The van der Waals surface area contributed by atoms with Crippen molar-refractivity contribution in [3.8, 4) is 5.75 Å². The molecule has 1 unspecified atom stereocenters. The minimum Gasteiger partial charge on any atom is -0.489 e. The first-order chi connectivity index (χ1) is 11.5. The number of pyridine rings is 1. The van der Waals surface area contributed by atoms with E-state index < -0.39 is 0 Å². The van der Waals surface area contributed by atoms with E-state index >= 15 is 0 Å². The molecule has 0 bridgehead atoms. The summed E-state index contributed by atoms with van der Waals surface area (Å²) in [5, 5.41) is 2.88. The third-order valence-corrected chi connectivity index (χ3v) is 3.64. The number of nitrogens with zero attached hydrogens (tertiary/aromatic N) is 2. The fourth-order valence-electron chi connectivity index (χ4n) is 2.10. The molecular formula is C19H23N3O2. The highest BCUT2D eigenvalue weighted by Gasteiger charge is 2.17. The predicted octanol–water partition coefficient (Wildman–Crippen LogP) is 4.26. The van der Waals surface area contributed by atoms with Gasteiger partial charge in [0.25, 0.3) is 0 Å². The van der Waals surface area contributed by atoms with Crippen LogP contribution in [0.1, 0.15) is 25.5 Å². The molecule has 0 fully saturated rings. The Balaban J connectivity index is 2.01. The van der Waals surface area contributed by atoms with Gasteiger partial charge in [-0.15, -0.1) is 0 Å². The molecule has 0 spiro atoms. The van der Waals surface area contributed by atoms with E-state index in [0.717, 1.165) is 11.1 Å². The Labute approximate surface area is 143 Å². The summed E-state index contributed by atoms with van der Waals surface area (Å²) in [5.41, 5.74) is 2.60. The molecule has 1 heterocycles. The first-order valence-electron chi connectivity index (χ1n) is 7.78. The molecule has 126 valence electrons. The van der Waals surface area contributed by atoms with Crippen molar-refractivity contribution < 1.29 is 9.53 Å². The topological polar surface area (TPSA) is 54.5 Å². The number of nitrogens with one attached hydrogen (secondary N) is 1. The highest BCUT2D eigenvalue weighted by molar-refractivity contribution is 5.89. The summed E-state index contributed by atoms with van der Waals surface area (Å²) in [4.78, 5) is 18.2. The summed E-state index contributed by atoms with van der Waals surface area (Å²) in [7, 11) is 1.76. The number of carbonyl (C=O) groups excluding carboxylic acids is 1. The van der Waals surface area contributed by atoms with Gasteiger partial charge in [-0.3, -0.25) is 4.98 Å². The van der Waals surface area contributed by atoms with Crippen LogP contribution in [0.2, 0.25) is 0 Å². The van der Waals surface area contributed by atoms with Crippen molar-refractivity contribution in [3.05, 3.63) is 66.5 Å². The zero-order chi connectivity index (χ0) is 17.5. The van der Waals surface area contributed by atoms with Gasteiger partial charge in [-0.25, -0.2) is 4.79 Å². The summed E-state index contributed by atoms with van der Waals surface area (Å²) >= 11 is 0. The lowest BCUT2D eigenvalue weighted by molar-refractivity contribution is 0.208. The second kappa shape index (κ2) is 8.15. The van der Waals surface area contributed by atoms with Crippen LogP contribution < -0.4 is 10.1 Å². The Morgan fingerprint density at radius 1 is 1.38 bits per heavy atom. The van der Waals surface area contributed by atoms with E-state index in [0.29, 0.717) is 18.0 Å². The largest absolute Gasteiger partial charge is 0.489 e. The van der Waals surface area contributed by atoms with E-state index in [4.69, 9.17) is 4.74 Å². The van der Waals surface area contributed by atoms with Crippen molar-refractivity contribution in [1.29, 1.82) is 0 Å². The maximum Gasteiger partial charge on any atom is 0.322 e. The van der Waals surface area contributed by atoms with E-state index in [-0.39, 0.29) is 12.1 Å². The van der Waals surface area contributed by atoms with Crippen LogP contribution in [-0.4, -0.2) is 29.6 Å². The van der Waals surface area contributed by atoms with Gasteiger partial charge in [0.05, 0.1) is 6.04 Å². The molecule has 24 heavy (non-hydrogen) atoms. The van der Waals surface area contributed by atoms with Gasteiger partial charge in [0.15, 0.2) is 0 Å². The molecule has 2 rings (SSSR count). The number of aromatic nitrogens is 1. The molecule has 0 saturated heterocycles. The molecule has 2 amide bonds. The molecule has 1 N–H and O–H groups in total. The Morgan fingerprint density at radius 3 is 2.83 bits per heavy atom. The molecule has 0 aliphatic heterocycles. The molecule has 1 aromatic carbocycles. The summed E-state index contributed by atoms with van der Waals surface area (Å²) < 4.78 is 5.59. The van der Waals surface area contributed by atoms with Crippen molar-refractivity contribution in [2.24, 2.45) is 0 Å². The van der Waals surface area contributed by atoms with E-state index in [9.17, 15) is 4.79 Å². The smallest absolute Gasteiger partial charge is 0.322 e. The Kier molecular flexibility index (Phi) is 5.95. The van der Waals surface area contributed by atoms with E-state index in [1.165, 1.54) is 0 Å². The van der Waals surface area contributed by atoms with Crippen LogP contribution >= 0.6 is 0 Å². The molecule has 1 aromatic heterocycles. The molecular weight excluding hydrogens is 302 g/mol. The van der Waals surface area contributed by atoms with Gasteiger partial charge in [-0.05, 0) is 43.2 Å². The maximum absolute atomic E-state index is 12.4. The second-order valence-electron chi connectivity index (χ2n) is 5.78. The van der Waals surface area contributed by atoms with Gasteiger partial charge in [-0.1, -0.05) is 18.7 Å². The third kappa shape index (κ3) is 4.84. The Morgan fingerprint density at radius 2 is 2.17 bits per heavy atom. The van der Waals surface area contributed by atoms with E-state index in [2.05, 4.69) is 16.9 Å². The molecule has 0 aliphatic carbocycles. The van der Waals surface area contributed by atoms with Crippen molar-refractivity contribution in [2.45, 2.75) is 19.9 Å². The van der Waals surface area contributed by atoms with Crippen molar-refractivity contribution in [1.82, 2.24) is 9.88 Å². The molecule has 2 aromatic rings. The minimum atomic E-state index is -0.191. The van der Waals surface area contributed by atoms with Crippen molar-refractivity contribution >= 4 is 11.7 Å². The summed E-state index contributed by atoms with van der Waals surface area (Å²) in [6, 6.07) is 10.9. The van der Waals surface area contributed by atoms with Crippen molar-refractivity contribution in [3.63, 3.8) is 0 Å². The lowest BCUT2D eigenvalue weighted by Crippen LogP contribution is -2.33. The van der Waals surface area contributed by atoms with Crippen LogP contribution in [0.25, 0.3) is 0 Å². The summed E-state index contributed by atoms with van der Waals surface area (Å²) in [5.74, 6) is 0.693. The number of amides is 2. The molecule has 5 nitrogen and oxygen atoms in total. The molecule has 0 radical (unpaired) electrons. The fourth-order valence-corrected chi connectivity index (χ4v) is 2.10. The van der Waals surface area contributed by atoms with Crippen LogP contribution in [0, 0.1) is 0 Å². The fraction of sp³-hybridized carbons (Fsp3) is 0.263. The zero-order valence-electron chi connectivity index (χ0n) is 14.3. The van der Waals surface area contributed by atoms with E-state index in [1.807, 2.05) is 44.2 Å². The average molecular weight is 325 g/mol. The lowest BCUT2D eigenvalue weighted by atomic mass is 10.1. The lowest BCUT2D eigenvalue weighted by Gasteiger charge is -2.25. The van der Waals surface area contributed by atoms with Crippen LogP contribution in [0.5, 0.6) is 5.75 Å². The molecule has 1 atom stereocenters. The highest BCUT2D eigenvalue weighted by atomic mass is 16.5. The number of carbonyl (C=O) groups is 1. The monoisotopic (exact) mass is 325 g/mol. The standard InChI is InChI=1S/C19H23N3O2/c1-14(2)13-24-18-9-5-8-17(11-18)21-19(23)22(4)15(3)16-7-6-10-20-12-16/h5-12,15H,1,13H2,2-4H3,(H,21,23). The average Bonchev–Trinajstić information content (AvgIpc) is 2.59. The van der Waals surface area contributed by atoms with Gasteiger partial charge in [0, 0.05) is 31.2 Å². The Bertz CT molecular complexity index is 701. The normalized spacial score (nSPS) is 11.5. The van der Waals surface area contributed by atoms with E-state index in [1.54, 1.807) is 30.4 Å². The number of rotatable bonds is 6. The zero-order valence-corrected chi connectivity index (χ0v) is 14.3. The predicted molar refractivity (Wildman–Crippen MR) is 96.2 cm³/mol. The van der Waals surface area contributed by atoms with Gasteiger partial charge in [0.1, 0.15) is 12.4 Å². The first-order valence-corrected chi connectivity index (χ1v) is 7.78. The third-order valence-electron chi connectivity index (χ3n) is 3.64. The highest BCUT2D eigenvalue weighted by Crippen LogP contribution is 2.21. The number of hydrogen-bond donors (Lipinski definition) is 1. The van der Waals surface area contributed by atoms with Crippen molar-refractivity contribution in [2.75, 3.05) is 19.0 Å². The van der Waals surface area contributed by atoms with Gasteiger partial charge < -0.3 is 15.0 Å².